The number of ether oxygens (including phenoxy) is 2. The number of carbonyl (C=O) groups excluding carboxylic acids is 2. The Morgan fingerprint density at radius 2 is 1.80 bits per heavy atom. The van der Waals surface area contributed by atoms with E-state index in [0.29, 0.717) is 0 Å². The van der Waals surface area contributed by atoms with E-state index in [1.165, 1.54) is 0 Å². The highest BCUT2D eigenvalue weighted by molar-refractivity contribution is 5.95. The third-order valence-electron chi connectivity index (χ3n) is 1.78. The van der Waals surface area contributed by atoms with Crippen molar-refractivity contribution in [3.05, 3.63) is 12.2 Å². The van der Waals surface area contributed by atoms with E-state index < -0.39 is 35.8 Å². The number of esters is 2. The lowest BCUT2D eigenvalue weighted by molar-refractivity contribution is -0.152. The average Bonchev–Trinajstić information content (AvgIpc) is 2.23. The highest BCUT2D eigenvalue weighted by atomic mass is 16.5. The van der Waals surface area contributed by atoms with Crippen molar-refractivity contribution in [3.8, 4) is 0 Å². The average molecular weight is 216 g/mol. The lowest BCUT2D eigenvalue weighted by Gasteiger charge is -2.12. The summed E-state index contributed by atoms with van der Waals surface area (Å²) >= 11 is 0. The molecule has 0 spiro atoms. The summed E-state index contributed by atoms with van der Waals surface area (Å²) in [6.07, 6.45) is -0.395. The second-order valence-electron chi connectivity index (χ2n) is 2.69. The Labute approximate surface area is 86.5 Å². The minimum atomic E-state index is -1.35. The summed E-state index contributed by atoms with van der Waals surface area (Å²) in [4.78, 5) is 32.6. The molecule has 0 heterocycles. The quantitative estimate of drug-likeness (QED) is 0.513. The normalized spacial score (nSPS) is 11.3. The van der Waals surface area contributed by atoms with Gasteiger partial charge in [-0.25, -0.2) is 4.79 Å². The predicted molar refractivity (Wildman–Crippen MR) is 48.9 cm³/mol. The third kappa shape index (κ3) is 3.80. The van der Waals surface area contributed by atoms with Crippen LogP contribution in [0.1, 0.15) is 6.42 Å². The zero-order valence-electron chi connectivity index (χ0n) is 8.48. The third-order valence-corrected chi connectivity index (χ3v) is 1.78. The number of hydrogen-bond acceptors (Lipinski definition) is 5. The van der Waals surface area contributed by atoms with Crippen molar-refractivity contribution in [2.45, 2.75) is 6.42 Å². The van der Waals surface area contributed by atoms with Crippen LogP contribution in [-0.4, -0.2) is 37.2 Å². The highest BCUT2D eigenvalue weighted by Crippen LogP contribution is 2.16. The zero-order valence-corrected chi connectivity index (χ0v) is 8.48. The Bertz CT molecular complexity index is 293. The van der Waals surface area contributed by atoms with Crippen molar-refractivity contribution in [1.29, 1.82) is 0 Å². The monoisotopic (exact) mass is 216 g/mol. The van der Waals surface area contributed by atoms with Gasteiger partial charge in [-0.2, -0.15) is 0 Å². The fourth-order valence-corrected chi connectivity index (χ4v) is 0.890. The largest absolute Gasteiger partial charge is 0.478 e. The number of carbonyl (C=O) groups is 3. The van der Waals surface area contributed by atoms with Gasteiger partial charge in [0.15, 0.2) is 0 Å². The molecule has 1 atom stereocenters. The topological polar surface area (TPSA) is 89.9 Å². The van der Waals surface area contributed by atoms with Gasteiger partial charge in [-0.05, 0) is 0 Å². The number of methoxy groups -OCH3 is 2. The first-order valence-corrected chi connectivity index (χ1v) is 4.00. The van der Waals surface area contributed by atoms with E-state index in [9.17, 15) is 14.4 Å². The minimum absolute atomic E-state index is 0.395. The molecule has 6 nitrogen and oxygen atoms in total. The molecular formula is C9H12O6. The molecule has 15 heavy (non-hydrogen) atoms. The molecule has 84 valence electrons. The second-order valence-corrected chi connectivity index (χ2v) is 2.69. The number of carboxylic acid groups (broad SMARTS) is 1. The summed E-state index contributed by atoms with van der Waals surface area (Å²) < 4.78 is 8.68. The number of rotatable bonds is 5. The van der Waals surface area contributed by atoms with Crippen LogP contribution in [0.5, 0.6) is 0 Å². The second kappa shape index (κ2) is 5.79. The maximum atomic E-state index is 11.2. The highest BCUT2D eigenvalue weighted by Gasteiger charge is 2.29. The van der Waals surface area contributed by atoms with Gasteiger partial charge in [0.2, 0.25) is 0 Å². The summed E-state index contributed by atoms with van der Waals surface area (Å²) in [6, 6.07) is 0. The van der Waals surface area contributed by atoms with Gasteiger partial charge < -0.3 is 14.6 Å². The first-order chi connectivity index (χ1) is 6.93. The molecule has 0 aliphatic heterocycles. The van der Waals surface area contributed by atoms with Crippen molar-refractivity contribution in [2.75, 3.05) is 14.2 Å². The molecule has 0 saturated carbocycles. The van der Waals surface area contributed by atoms with Crippen LogP contribution in [-0.2, 0) is 23.9 Å². The SMILES string of the molecule is C=C(C(=O)O)C(CC(=O)OC)C(=O)OC. The molecule has 0 aromatic carbocycles. The Balaban J connectivity index is 4.73. The van der Waals surface area contributed by atoms with E-state index in [-0.39, 0.29) is 0 Å². The molecular weight excluding hydrogens is 204 g/mol. The van der Waals surface area contributed by atoms with Gasteiger partial charge >= 0.3 is 17.9 Å². The maximum absolute atomic E-state index is 11.2. The molecule has 6 heteroatoms. The first-order valence-electron chi connectivity index (χ1n) is 4.00. The minimum Gasteiger partial charge on any atom is -0.478 e. The lowest BCUT2D eigenvalue weighted by atomic mass is 9.97. The van der Waals surface area contributed by atoms with E-state index in [1.807, 2.05) is 0 Å². The van der Waals surface area contributed by atoms with Crippen molar-refractivity contribution in [3.63, 3.8) is 0 Å². The molecule has 0 radical (unpaired) electrons. The van der Waals surface area contributed by atoms with Crippen molar-refractivity contribution in [1.82, 2.24) is 0 Å². The van der Waals surface area contributed by atoms with E-state index in [4.69, 9.17) is 5.11 Å². The molecule has 0 aromatic heterocycles. The molecule has 1 unspecified atom stereocenters. The molecule has 0 saturated heterocycles. The fourth-order valence-electron chi connectivity index (χ4n) is 0.890. The smallest absolute Gasteiger partial charge is 0.331 e. The molecule has 1 N–H and O–H groups in total. The Hall–Kier alpha value is -1.85. The number of hydrogen-bond donors (Lipinski definition) is 1. The van der Waals surface area contributed by atoms with Gasteiger partial charge in [0, 0.05) is 5.57 Å². The van der Waals surface area contributed by atoms with Crippen LogP contribution in [0.2, 0.25) is 0 Å². The molecule has 0 aromatic rings. The fraction of sp³-hybridized carbons (Fsp3) is 0.444. The summed E-state index contributed by atoms with van der Waals surface area (Å²) in [5.41, 5.74) is -0.396. The Morgan fingerprint density at radius 3 is 2.13 bits per heavy atom. The summed E-state index contributed by atoms with van der Waals surface area (Å²) in [5.74, 6) is -4.09. The van der Waals surface area contributed by atoms with Crippen LogP contribution in [0.25, 0.3) is 0 Å². The van der Waals surface area contributed by atoms with Gasteiger partial charge in [0.05, 0.1) is 26.6 Å². The Morgan fingerprint density at radius 1 is 1.27 bits per heavy atom. The molecule has 0 aliphatic carbocycles. The van der Waals surface area contributed by atoms with Crippen LogP contribution >= 0.6 is 0 Å². The van der Waals surface area contributed by atoms with E-state index in [0.717, 1.165) is 14.2 Å². The van der Waals surface area contributed by atoms with E-state index in [1.54, 1.807) is 0 Å². The van der Waals surface area contributed by atoms with Gasteiger partial charge in [0.25, 0.3) is 0 Å². The summed E-state index contributed by atoms with van der Waals surface area (Å²) in [6.45, 7) is 3.20. The zero-order chi connectivity index (χ0) is 12.0. The van der Waals surface area contributed by atoms with Crippen LogP contribution in [0.4, 0.5) is 0 Å². The van der Waals surface area contributed by atoms with Crippen LogP contribution in [0.15, 0.2) is 12.2 Å². The molecule has 0 bridgehead atoms. The van der Waals surface area contributed by atoms with Gasteiger partial charge in [-0.3, -0.25) is 9.59 Å². The maximum Gasteiger partial charge on any atom is 0.331 e. The van der Waals surface area contributed by atoms with E-state index >= 15 is 0 Å². The predicted octanol–water partition coefficient (Wildman–Crippen LogP) is -0.0205. The van der Waals surface area contributed by atoms with Crippen LogP contribution < -0.4 is 0 Å². The molecule has 0 rings (SSSR count). The number of aliphatic carboxylic acids is 1. The Kier molecular flexibility index (Phi) is 5.08. The van der Waals surface area contributed by atoms with Crippen molar-refractivity contribution in [2.24, 2.45) is 5.92 Å². The van der Waals surface area contributed by atoms with Crippen LogP contribution in [0, 0.1) is 5.92 Å². The summed E-state index contributed by atoms with van der Waals surface area (Å²) in [7, 11) is 2.24. The van der Waals surface area contributed by atoms with E-state index in [2.05, 4.69) is 16.1 Å². The van der Waals surface area contributed by atoms with Gasteiger partial charge in [-0.1, -0.05) is 6.58 Å². The first kappa shape index (κ1) is 13.2. The van der Waals surface area contributed by atoms with Gasteiger partial charge in [-0.15, -0.1) is 0 Å². The standard InChI is InChI=1S/C9H12O6/c1-5(8(11)12)6(9(13)15-3)4-7(10)14-2/h6H,1,4H2,2-3H3,(H,11,12). The molecule has 0 aliphatic rings. The molecule has 0 fully saturated rings. The summed E-state index contributed by atoms with van der Waals surface area (Å²) in [5, 5.41) is 8.62. The van der Waals surface area contributed by atoms with Crippen molar-refractivity contribution < 1.29 is 29.0 Å². The van der Waals surface area contributed by atoms with Gasteiger partial charge in [0.1, 0.15) is 0 Å². The van der Waals surface area contributed by atoms with Crippen LogP contribution in [0.3, 0.4) is 0 Å². The number of carboxylic acids is 1. The molecule has 0 amide bonds. The lowest BCUT2D eigenvalue weighted by Crippen LogP contribution is -2.25. The van der Waals surface area contributed by atoms with Crippen molar-refractivity contribution >= 4 is 17.9 Å².